The Balaban J connectivity index is 1.91. The Bertz CT molecular complexity index is 752. The molecule has 1 heterocycles. The van der Waals surface area contributed by atoms with E-state index < -0.39 is 0 Å². The number of aryl methyl sites for hydroxylation is 1. The normalized spacial score (nSPS) is 11.3. The lowest BCUT2D eigenvalue weighted by Gasteiger charge is -2.13. The molecule has 0 aliphatic carbocycles. The summed E-state index contributed by atoms with van der Waals surface area (Å²) in [6, 6.07) is 12.0. The van der Waals surface area contributed by atoms with Gasteiger partial charge in [-0.25, -0.2) is 4.99 Å². The lowest BCUT2D eigenvalue weighted by molar-refractivity contribution is 0.0827. The molecule has 1 amide bonds. The molecule has 2 N–H and O–H groups in total. The number of carbonyl (C=O) groups is 1. The number of rotatable bonds is 7. The Morgan fingerprint density at radius 2 is 2.00 bits per heavy atom. The van der Waals surface area contributed by atoms with Crippen molar-refractivity contribution in [1.82, 2.24) is 15.5 Å². The topological polar surface area (TPSA) is 56.7 Å². The standard InChI is InChI=1S/C20H28N4OS/c1-5-21-20(23-14-18-10-9-15(2)26-18)22-12-11-16-7-6-8-17(13-16)19(25)24(3)4/h6-10,13H,5,11-12,14H2,1-4H3,(H2,21,22,23). The summed E-state index contributed by atoms with van der Waals surface area (Å²) in [4.78, 5) is 20.9. The molecule has 0 spiro atoms. The smallest absolute Gasteiger partial charge is 0.253 e. The van der Waals surface area contributed by atoms with Gasteiger partial charge in [-0.15, -0.1) is 11.3 Å². The van der Waals surface area contributed by atoms with Gasteiger partial charge in [0, 0.05) is 42.5 Å². The summed E-state index contributed by atoms with van der Waals surface area (Å²) in [5.41, 5.74) is 1.86. The highest BCUT2D eigenvalue weighted by atomic mass is 32.1. The number of carbonyl (C=O) groups excluding carboxylic acids is 1. The van der Waals surface area contributed by atoms with Gasteiger partial charge in [0.05, 0.1) is 6.54 Å². The van der Waals surface area contributed by atoms with Crippen molar-refractivity contribution in [3.63, 3.8) is 0 Å². The molecule has 26 heavy (non-hydrogen) atoms. The number of nitrogens with one attached hydrogen (secondary N) is 2. The van der Waals surface area contributed by atoms with Gasteiger partial charge < -0.3 is 15.5 Å². The van der Waals surface area contributed by atoms with E-state index in [1.165, 1.54) is 9.75 Å². The van der Waals surface area contributed by atoms with Crippen LogP contribution in [0.3, 0.4) is 0 Å². The van der Waals surface area contributed by atoms with Gasteiger partial charge in [0.1, 0.15) is 0 Å². The molecule has 5 nitrogen and oxygen atoms in total. The molecular formula is C20H28N4OS. The molecule has 2 aromatic rings. The van der Waals surface area contributed by atoms with Gasteiger partial charge >= 0.3 is 0 Å². The third kappa shape index (κ3) is 6.19. The third-order valence-corrected chi connectivity index (χ3v) is 4.80. The Morgan fingerprint density at radius 1 is 1.19 bits per heavy atom. The maximum absolute atomic E-state index is 12.1. The molecule has 0 bridgehead atoms. The molecule has 0 saturated heterocycles. The van der Waals surface area contributed by atoms with Gasteiger partial charge in [0.25, 0.3) is 5.91 Å². The largest absolute Gasteiger partial charge is 0.357 e. The molecule has 0 radical (unpaired) electrons. The minimum absolute atomic E-state index is 0.0287. The fourth-order valence-electron chi connectivity index (χ4n) is 2.51. The van der Waals surface area contributed by atoms with Crippen LogP contribution >= 0.6 is 11.3 Å². The third-order valence-electron chi connectivity index (χ3n) is 3.82. The lowest BCUT2D eigenvalue weighted by Crippen LogP contribution is -2.38. The molecular weight excluding hydrogens is 344 g/mol. The number of hydrogen-bond acceptors (Lipinski definition) is 3. The van der Waals surface area contributed by atoms with E-state index in [0.717, 1.165) is 36.6 Å². The van der Waals surface area contributed by atoms with Crippen LogP contribution in [0.1, 0.15) is 32.6 Å². The van der Waals surface area contributed by atoms with Crippen LogP contribution in [0.25, 0.3) is 0 Å². The van der Waals surface area contributed by atoms with Gasteiger partial charge in [-0.2, -0.15) is 0 Å². The summed E-state index contributed by atoms with van der Waals surface area (Å²) in [7, 11) is 3.54. The number of nitrogens with zero attached hydrogens (tertiary/aromatic N) is 2. The fraction of sp³-hybridized carbons (Fsp3) is 0.400. The summed E-state index contributed by atoms with van der Waals surface area (Å²) < 4.78 is 0. The molecule has 0 saturated carbocycles. The van der Waals surface area contributed by atoms with Crippen molar-refractivity contribution in [1.29, 1.82) is 0 Å². The first-order valence-electron chi connectivity index (χ1n) is 8.87. The summed E-state index contributed by atoms with van der Waals surface area (Å²) in [5.74, 6) is 0.847. The van der Waals surface area contributed by atoms with Crippen molar-refractivity contribution in [2.45, 2.75) is 26.8 Å². The van der Waals surface area contributed by atoms with E-state index >= 15 is 0 Å². The second-order valence-electron chi connectivity index (χ2n) is 6.28. The fourth-order valence-corrected chi connectivity index (χ4v) is 3.33. The second kappa shape index (κ2) is 9.97. The van der Waals surface area contributed by atoms with Crippen LogP contribution in [0, 0.1) is 6.92 Å². The van der Waals surface area contributed by atoms with Gasteiger partial charge in [0.15, 0.2) is 5.96 Å². The zero-order valence-corrected chi connectivity index (χ0v) is 16.8. The van der Waals surface area contributed by atoms with Gasteiger partial charge in [-0.1, -0.05) is 12.1 Å². The Labute approximate surface area is 160 Å². The Hall–Kier alpha value is -2.34. The second-order valence-corrected chi connectivity index (χ2v) is 7.66. The van der Waals surface area contributed by atoms with Crippen molar-refractivity contribution in [3.8, 4) is 0 Å². The number of thiophene rings is 1. The predicted molar refractivity (Wildman–Crippen MR) is 110 cm³/mol. The molecule has 0 fully saturated rings. The summed E-state index contributed by atoms with van der Waals surface area (Å²) in [6.45, 7) is 6.43. The zero-order chi connectivity index (χ0) is 18.9. The molecule has 1 aromatic heterocycles. The Kier molecular flexibility index (Phi) is 7.66. The maximum Gasteiger partial charge on any atom is 0.253 e. The molecule has 2 rings (SSSR count). The number of amides is 1. The summed E-state index contributed by atoms with van der Waals surface area (Å²) in [6.07, 6.45) is 0.830. The van der Waals surface area contributed by atoms with Crippen LogP contribution in [0.2, 0.25) is 0 Å². The Morgan fingerprint density at radius 3 is 2.65 bits per heavy atom. The number of guanidine groups is 1. The highest BCUT2D eigenvalue weighted by molar-refractivity contribution is 7.11. The highest BCUT2D eigenvalue weighted by Crippen LogP contribution is 2.15. The van der Waals surface area contributed by atoms with Crippen molar-refractivity contribution in [2.75, 3.05) is 27.2 Å². The zero-order valence-electron chi connectivity index (χ0n) is 16.0. The van der Waals surface area contributed by atoms with Crippen molar-refractivity contribution in [3.05, 3.63) is 57.3 Å². The molecule has 140 valence electrons. The van der Waals surface area contributed by atoms with E-state index in [0.29, 0.717) is 6.54 Å². The van der Waals surface area contributed by atoms with Crippen molar-refractivity contribution < 1.29 is 4.79 Å². The first-order chi connectivity index (χ1) is 12.5. The molecule has 1 aromatic carbocycles. The van der Waals surface area contributed by atoms with E-state index in [2.05, 4.69) is 41.6 Å². The first-order valence-corrected chi connectivity index (χ1v) is 9.69. The number of benzene rings is 1. The van der Waals surface area contributed by atoms with E-state index in [9.17, 15) is 4.79 Å². The van der Waals surface area contributed by atoms with Crippen LogP contribution in [-0.2, 0) is 13.0 Å². The van der Waals surface area contributed by atoms with Crippen molar-refractivity contribution >= 4 is 23.2 Å². The molecule has 6 heteroatoms. The highest BCUT2D eigenvalue weighted by Gasteiger charge is 2.08. The average Bonchev–Trinajstić information content (AvgIpc) is 3.04. The van der Waals surface area contributed by atoms with E-state index in [1.807, 2.05) is 24.3 Å². The molecule has 0 atom stereocenters. The van der Waals surface area contributed by atoms with Gasteiger partial charge in [0.2, 0.25) is 0 Å². The summed E-state index contributed by atoms with van der Waals surface area (Å²) >= 11 is 1.78. The number of aliphatic imine (C=N–C) groups is 1. The van der Waals surface area contributed by atoms with E-state index in [1.54, 1.807) is 30.3 Å². The number of hydrogen-bond donors (Lipinski definition) is 2. The van der Waals surface area contributed by atoms with E-state index in [4.69, 9.17) is 0 Å². The van der Waals surface area contributed by atoms with Crippen LogP contribution in [0.4, 0.5) is 0 Å². The van der Waals surface area contributed by atoms with E-state index in [-0.39, 0.29) is 5.91 Å². The minimum atomic E-state index is 0.0287. The van der Waals surface area contributed by atoms with Crippen LogP contribution in [0.15, 0.2) is 41.4 Å². The minimum Gasteiger partial charge on any atom is -0.357 e. The first kappa shape index (κ1) is 20.0. The van der Waals surface area contributed by atoms with Gasteiger partial charge in [-0.05, 0) is 50.1 Å². The van der Waals surface area contributed by atoms with Crippen LogP contribution in [0.5, 0.6) is 0 Å². The maximum atomic E-state index is 12.1. The van der Waals surface area contributed by atoms with Crippen LogP contribution < -0.4 is 10.6 Å². The molecule has 0 unspecified atom stereocenters. The van der Waals surface area contributed by atoms with Crippen LogP contribution in [-0.4, -0.2) is 44.0 Å². The quantitative estimate of drug-likeness (QED) is 0.580. The summed E-state index contributed by atoms with van der Waals surface area (Å²) in [5, 5.41) is 6.64. The SMILES string of the molecule is CCNC(=NCc1ccc(C)s1)NCCc1cccc(C(=O)N(C)C)c1. The monoisotopic (exact) mass is 372 g/mol. The van der Waals surface area contributed by atoms with Gasteiger partial charge in [-0.3, -0.25) is 4.79 Å². The van der Waals surface area contributed by atoms with Crippen molar-refractivity contribution in [2.24, 2.45) is 4.99 Å². The predicted octanol–water partition coefficient (Wildman–Crippen LogP) is 3.06. The average molecular weight is 373 g/mol. The molecule has 0 aliphatic heterocycles. The lowest BCUT2D eigenvalue weighted by atomic mass is 10.1. The molecule has 0 aliphatic rings.